The molecule has 0 saturated carbocycles. The number of nitrogens with zero attached hydrogens (tertiary/aromatic N) is 3. The van der Waals surface area contributed by atoms with E-state index in [2.05, 4.69) is 16.0 Å². The Morgan fingerprint density at radius 3 is 2.78 bits per heavy atom. The van der Waals surface area contributed by atoms with E-state index in [1.807, 2.05) is 49.4 Å². The maximum atomic E-state index is 12.1. The molecule has 0 aliphatic carbocycles. The highest BCUT2D eigenvalue weighted by Gasteiger charge is 2.24. The van der Waals surface area contributed by atoms with Gasteiger partial charge in [-0.25, -0.2) is 0 Å². The molecule has 1 saturated heterocycles. The number of carbonyl (C=O) groups is 1. The summed E-state index contributed by atoms with van der Waals surface area (Å²) in [5.41, 5.74) is 1.15. The molecule has 124 valence electrons. The highest BCUT2D eigenvalue weighted by Crippen LogP contribution is 2.16. The van der Waals surface area contributed by atoms with Gasteiger partial charge >= 0.3 is 0 Å². The fourth-order valence-corrected chi connectivity index (χ4v) is 2.90. The molecule has 0 bridgehead atoms. The van der Waals surface area contributed by atoms with Crippen LogP contribution in [0.15, 0.2) is 48.7 Å². The average molecular weight is 313 g/mol. The molecule has 1 aliphatic rings. The number of carbonyl (C=O) groups excluding carboxylic acids is 1. The van der Waals surface area contributed by atoms with E-state index in [0.717, 1.165) is 44.6 Å². The van der Waals surface area contributed by atoms with Gasteiger partial charge in [-0.15, -0.1) is 0 Å². The van der Waals surface area contributed by atoms with Crippen molar-refractivity contribution in [1.29, 1.82) is 0 Å². The Hall–Kier alpha value is -1.94. The SMILES string of the molecule is CC=CC=CC(=O)N(C)C1CCN(CCc2ccccn2)CC1. The Kier molecular flexibility index (Phi) is 7.01. The summed E-state index contributed by atoms with van der Waals surface area (Å²) >= 11 is 0. The maximum absolute atomic E-state index is 12.1. The van der Waals surface area contributed by atoms with E-state index in [1.54, 1.807) is 12.2 Å². The summed E-state index contributed by atoms with van der Waals surface area (Å²) in [6.07, 6.45) is 12.2. The van der Waals surface area contributed by atoms with Gasteiger partial charge in [-0.2, -0.15) is 0 Å². The van der Waals surface area contributed by atoms with Crippen LogP contribution in [0.3, 0.4) is 0 Å². The van der Waals surface area contributed by atoms with Gasteiger partial charge in [0.2, 0.25) is 5.91 Å². The van der Waals surface area contributed by atoms with Crippen LogP contribution in [0.2, 0.25) is 0 Å². The molecule has 1 aliphatic heterocycles. The topological polar surface area (TPSA) is 36.4 Å². The second kappa shape index (κ2) is 9.26. The predicted octanol–water partition coefficient (Wildman–Crippen LogP) is 2.68. The number of likely N-dealkylation sites (tertiary alicyclic amines) is 1. The van der Waals surface area contributed by atoms with Crippen LogP contribution >= 0.6 is 0 Å². The highest BCUT2D eigenvalue weighted by atomic mass is 16.2. The number of piperidine rings is 1. The van der Waals surface area contributed by atoms with E-state index in [1.165, 1.54) is 0 Å². The number of likely N-dealkylation sites (N-methyl/N-ethyl adjacent to an activating group) is 1. The smallest absolute Gasteiger partial charge is 0.246 e. The van der Waals surface area contributed by atoms with Crippen molar-refractivity contribution in [3.8, 4) is 0 Å². The second-order valence-corrected chi connectivity index (χ2v) is 5.98. The molecule has 4 nitrogen and oxygen atoms in total. The summed E-state index contributed by atoms with van der Waals surface area (Å²) in [6, 6.07) is 6.42. The van der Waals surface area contributed by atoms with Gasteiger partial charge in [0.15, 0.2) is 0 Å². The molecule has 1 fully saturated rings. The number of amides is 1. The van der Waals surface area contributed by atoms with E-state index in [0.29, 0.717) is 6.04 Å². The molecule has 0 aromatic carbocycles. The van der Waals surface area contributed by atoms with Gasteiger partial charge in [0.1, 0.15) is 0 Å². The second-order valence-electron chi connectivity index (χ2n) is 5.98. The monoisotopic (exact) mass is 313 g/mol. The van der Waals surface area contributed by atoms with E-state index < -0.39 is 0 Å². The van der Waals surface area contributed by atoms with Gasteiger partial charge in [-0.05, 0) is 31.9 Å². The van der Waals surface area contributed by atoms with E-state index in [-0.39, 0.29) is 5.91 Å². The van der Waals surface area contributed by atoms with Crippen molar-refractivity contribution in [3.05, 3.63) is 54.4 Å². The molecule has 23 heavy (non-hydrogen) atoms. The van der Waals surface area contributed by atoms with Crippen molar-refractivity contribution in [2.45, 2.75) is 32.2 Å². The Bertz CT molecular complexity index is 531. The van der Waals surface area contributed by atoms with Crippen LogP contribution in [0, 0.1) is 0 Å². The first kappa shape index (κ1) is 17.4. The minimum Gasteiger partial charge on any atom is -0.339 e. The van der Waals surface area contributed by atoms with Crippen LogP contribution < -0.4 is 0 Å². The van der Waals surface area contributed by atoms with E-state index in [4.69, 9.17) is 0 Å². The number of allylic oxidation sites excluding steroid dienone is 3. The summed E-state index contributed by atoms with van der Waals surface area (Å²) in [5, 5.41) is 0. The number of rotatable bonds is 6. The molecule has 0 N–H and O–H groups in total. The number of hydrogen-bond donors (Lipinski definition) is 0. The Labute approximate surface area is 139 Å². The van der Waals surface area contributed by atoms with Gasteiger partial charge in [0.25, 0.3) is 0 Å². The van der Waals surface area contributed by atoms with Gasteiger partial charge in [-0.1, -0.05) is 24.3 Å². The molecule has 0 atom stereocenters. The molecule has 1 amide bonds. The first-order valence-corrected chi connectivity index (χ1v) is 8.39. The lowest BCUT2D eigenvalue weighted by molar-refractivity contribution is -0.127. The van der Waals surface area contributed by atoms with Crippen LogP contribution in [-0.2, 0) is 11.2 Å². The van der Waals surface area contributed by atoms with Gasteiger partial charge in [-0.3, -0.25) is 9.78 Å². The van der Waals surface area contributed by atoms with Crippen molar-refractivity contribution in [3.63, 3.8) is 0 Å². The quantitative estimate of drug-likeness (QED) is 0.598. The zero-order valence-corrected chi connectivity index (χ0v) is 14.2. The van der Waals surface area contributed by atoms with E-state index >= 15 is 0 Å². The minimum atomic E-state index is 0.0926. The number of aromatic nitrogens is 1. The molecule has 2 heterocycles. The summed E-state index contributed by atoms with van der Waals surface area (Å²) in [5.74, 6) is 0.0926. The lowest BCUT2D eigenvalue weighted by Crippen LogP contribution is -2.45. The third-order valence-corrected chi connectivity index (χ3v) is 4.41. The predicted molar refractivity (Wildman–Crippen MR) is 94.1 cm³/mol. The molecule has 1 aromatic heterocycles. The Morgan fingerprint density at radius 2 is 2.13 bits per heavy atom. The summed E-state index contributed by atoms with van der Waals surface area (Å²) < 4.78 is 0. The third kappa shape index (κ3) is 5.64. The molecule has 0 spiro atoms. The zero-order valence-electron chi connectivity index (χ0n) is 14.2. The highest BCUT2D eigenvalue weighted by molar-refractivity contribution is 5.87. The lowest BCUT2D eigenvalue weighted by Gasteiger charge is -2.36. The van der Waals surface area contributed by atoms with Crippen molar-refractivity contribution < 1.29 is 4.79 Å². The van der Waals surface area contributed by atoms with Crippen molar-refractivity contribution in [2.24, 2.45) is 0 Å². The number of hydrogen-bond acceptors (Lipinski definition) is 3. The van der Waals surface area contributed by atoms with Crippen LogP contribution in [0.1, 0.15) is 25.5 Å². The van der Waals surface area contributed by atoms with Crippen LogP contribution in [0.25, 0.3) is 0 Å². The van der Waals surface area contributed by atoms with Crippen LogP contribution in [-0.4, -0.2) is 53.4 Å². The third-order valence-electron chi connectivity index (χ3n) is 4.41. The molecule has 1 aromatic rings. The summed E-state index contributed by atoms with van der Waals surface area (Å²) in [7, 11) is 1.91. The normalized spacial score (nSPS) is 17.1. The van der Waals surface area contributed by atoms with Crippen molar-refractivity contribution in [1.82, 2.24) is 14.8 Å². The van der Waals surface area contributed by atoms with Gasteiger partial charge in [0, 0.05) is 57.1 Å². The largest absolute Gasteiger partial charge is 0.339 e. The Morgan fingerprint density at radius 1 is 1.35 bits per heavy atom. The summed E-state index contributed by atoms with van der Waals surface area (Å²) in [4.78, 5) is 20.8. The standard InChI is InChI=1S/C19H27N3O/c1-3-4-5-9-19(23)21(2)18-11-15-22(16-12-18)14-10-17-8-6-7-13-20-17/h3-9,13,18H,10-12,14-16H2,1-2H3. The first-order chi connectivity index (χ1) is 11.2. The summed E-state index contributed by atoms with van der Waals surface area (Å²) in [6.45, 7) is 5.09. The Balaban J connectivity index is 1.73. The average Bonchev–Trinajstić information content (AvgIpc) is 2.61. The van der Waals surface area contributed by atoms with E-state index in [9.17, 15) is 4.79 Å². The lowest BCUT2D eigenvalue weighted by atomic mass is 10.0. The molecule has 0 radical (unpaired) electrons. The molecule has 0 unspecified atom stereocenters. The van der Waals surface area contributed by atoms with Crippen LogP contribution in [0.4, 0.5) is 0 Å². The fraction of sp³-hybridized carbons (Fsp3) is 0.474. The fourth-order valence-electron chi connectivity index (χ4n) is 2.90. The molecular weight excluding hydrogens is 286 g/mol. The van der Waals surface area contributed by atoms with Gasteiger partial charge in [0.05, 0.1) is 0 Å². The first-order valence-electron chi connectivity index (χ1n) is 8.39. The van der Waals surface area contributed by atoms with Crippen molar-refractivity contribution >= 4 is 5.91 Å². The minimum absolute atomic E-state index is 0.0926. The maximum Gasteiger partial charge on any atom is 0.246 e. The van der Waals surface area contributed by atoms with Gasteiger partial charge < -0.3 is 9.80 Å². The molecular formula is C19H27N3O. The van der Waals surface area contributed by atoms with Crippen molar-refractivity contribution in [2.75, 3.05) is 26.7 Å². The number of pyridine rings is 1. The van der Waals surface area contributed by atoms with Crippen LogP contribution in [0.5, 0.6) is 0 Å². The molecule has 2 rings (SSSR count). The molecule has 4 heteroatoms. The zero-order chi connectivity index (χ0) is 16.5.